The third-order valence-corrected chi connectivity index (χ3v) is 9.48. The summed E-state index contributed by atoms with van der Waals surface area (Å²) in [6, 6.07) is 11.1. The lowest BCUT2D eigenvalue weighted by Gasteiger charge is -2.59. The number of allylic oxidation sites excluding steroid dienone is 4. The van der Waals surface area contributed by atoms with E-state index in [4.69, 9.17) is 0 Å². The van der Waals surface area contributed by atoms with Crippen LogP contribution in [0.4, 0.5) is 0 Å². The maximum atomic E-state index is 2.67. The molecule has 0 amide bonds. The quantitative estimate of drug-likeness (QED) is 0.494. The van der Waals surface area contributed by atoms with Crippen LogP contribution in [0.1, 0.15) is 70.8 Å². The Labute approximate surface area is 166 Å². The monoisotopic (exact) mass is 360 g/mol. The van der Waals surface area contributed by atoms with Gasteiger partial charge in [-0.15, -0.1) is 0 Å². The van der Waals surface area contributed by atoms with Gasteiger partial charge in [0.15, 0.2) is 0 Å². The fraction of sp³-hybridized carbons (Fsp3) is 0.630. The lowest BCUT2D eigenvalue weighted by Crippen LogP contribution is -2.51. The molecule has 2 saturated carbocycles. The highest BCUT2D eigenvalue weighted by Gasteiger charge is 2.57. The number of rotatable bonds is 3. The SMILES string of the molecule is C[C@]12CC=CC[C@H]1CC[C@H]1[C@H]2CC[C@@]2(C)C(CCc3ccccc3)=CC[C@H]12. The maximum absolute atomic E-state index is 2.67. The minimum absolute atomic E-state index is 0.490. The molecule has 1 aromatic rings. The Kier molecular flexibility index (Phi) is 4.37. The van der Waals surface area contributed by atoms with Crippen molar-refractivity contribution in [3.05, 3.63) is 59.7 Å². The molecule has 0 aliphatic heterocycles. The first kappa shape index (κ1) is 17.8. The van der Waals surface area contributed by atoms with E-state index in [2.05, 4.69) is 62.4 Å². The zero-order valence-corrected chi connectivity index (χ0v) is 17.3. The highest BCUT2D eigenvalue weighted by molar-refractivity contribution is 5.27. The van der Waals surface area contributed by atoms with E-state index in [0.717, 1.165) is 23.7 Å². The molecule has 4 aliphatic carbocycles. The van der Waals surface area contributed by atoms with Crippen molar-refractivity contribution in [1.29, 1.82) is 0 Å². The smallest absolute Gasteiger partial charge is 0.00822 e. The molecular formula is C27H36. The number of aryl methyl sites for hydroxylation is 1. The molecule has 0 aromatic heterocycles. The zero-order chi connectivity index (χ0) is 18.5. The van der Waals surface area contributed by atoms with Gasteiger partial charge < -0.3 is 0 Å². The molecule has 0 bridgehead atoms. The van der Waals surface area contributed by atoms with Crippen molar-refractivity contribution < 1.29 is 0 Å². The summed E-state index contributed by atoms with van der Waals surface area (Å²) in [4.78, 5) is 0. The van der Waals surface area contributed by atoms with Crippen LogP contribution in [0.3, 0.4) is 0 Å². The zero-order valence-electron chi connectivity index (χ0n) is 17.3. The van der Waals surface area contributed by atoms with Crippen molar-refractivity contribution in [2.75, 3.05) is 0 Å². The molecule has 0 unspecified atom stereocenters. The summed E-state index contributed by atoms with van der Waals surface area (Å²) in [6.45, 7) is 5.28. The van der Waals surface area contributed by atoms with Crippen LogP contribution in [0.15, 0.2) is 54.1 Å². The molecule has 0 nitrogen and oxygen atoms in total. The second-order valence-corrected chi connectivity index (χ2v) is 10.5. The molecule has 0 saturated heterocycles. The van der Waals surface area contributed by atoms with Crippen LogP contribution >= 0.6 is 0 Å². The summed E-state index contributed by atoms with van der Waals surface area (Å²) in [7, 11) is 0. The fourth-order valence-electron chi connectivity index (χ4n) is 7.81. The molecule has 27 heavy (non-hydrogen) atoms. The van der Waals surface area contributed by atoms with Crippen molar-refractivity contribution in [3.8, 4) is 0 Å². The summed E-state index contributed by atoms with van der Waals surface area (Å²) >= 11 is 0. The number of benzene rings is 1. The van der Waals surface area contributed by atoms with Crippen LogP contribution < -0.4 is 0 Å². The van der Waals surface area contributed by atoms with Gasteiger partial charge in [-0.25, -0.2) is 0 Å². The minimum atomic E-state index is 0.490. The predicted octanol–water partition coefficient (Wildman–Crippen LogP) is 7.36. The lowest BCUT2D eigenvalue weighted by atomic mass is 9.45. The molecule has 144 valence electrons. The third kappa shape index (κ3) is 2.78. The highest BCUT2D eigenvalue weighted by atomic mass is 14.6. The number of fused-ring (bicyclic) bond motifs is 5. The van der Waals surface area contributed by atoms with Gasteiger partial charge in [-0.05, 0) is 97.9 Å². The van der Waals surface area contributed by atoms with E-state index >= 15 is 0 Å². The Bertz CT molecular complexity index is 741. The average molecular weight is 361 g/mol. The van der Waals surface area contributed by atoms with Crippen molar-refractivity contribution >= 4 is 0 Å². The van der Waals surface area contributed by atoms with Crippen LogP contribution in [0.2, 0.25) is 0 Å². The molecule has 0 N–H and O–H groups in total. The van der Waals surface area contributed by atoms with E-state index in [9.17, 15) is 0 Å². The maximum Gasteiger partial charge on any atom is -0.00822 e. The Morgan fingerprint density at radius 3 is 2.59 bits per heavy atom. The standard InChI is InChI=1S/C27H36/c1-26-18-7-6-10-21(26)13-15-23-24-16-14-22(27(24,2)19-17-25(23)26)12-11-20-8-4-3-5-9-20/h3-9,14,21,23-25H,10-13,15-19H2,1-2H3/t21-,23+,24+,25+,26-,27-/m0/s1. The van der Waals surface area contributed by atoms with E-state index in [0.29, 0.717) is 10.8 Å². The normalized spacial score (nSPS) is 42.8. The highest BCUT2D eigenvalue weighted by Crippen LogP contribution is 2.66. The van der Waals surface area contributed by atoms with E-state index in [1.54, 1.807) is 5.57 Å². The van der Waals surface area contributed by atoms with Crippen molar-refractivity contribution in [2.24, 2.45) is 34.5 Å². The molecule has 6 atom stereocenters. The Morgan fingerprint density at radius 1 is 0.889 bits per heavy atom. The molecule has 2 fully saturated rings. The number of hydrogen-bond donors (Lipinski definition) is 0. The van der Waals surface area contributed by atoms with E-state index in [-0.39, 0.29) is 0 Å². The van der Waals surface area contributed by atoms with Gasteiger partial charge in [-0.1, -0.05) is 68.0 Å². The van der Waals surface area contributed by atoms with E-state index < -0.39 is 0 Å². The number of hydrogen-bond acceptors (Lipinski definition) is 0. The van der Waals surface area contributed by atoms with Crippen molar-refractivity contribution in [3.63, 3.8) is 0 Å². The van der Waals surface area contributed by atoms with Gasteiger partial charge in [0, 0.05) is 0 Å². The van der Waals surface area contributed by atoms with Gasteiger partial charge in [0.1, 0.15) is 0 Å². The molecule has 0 heteroatoms. The first-order valence-corrected chi connectivity index (χ1v) is 11.5. The molecule has 5 rings (SSSR count). The van der Waals surface area contributed by atoms with Gasteiger partial charge >= 0.3 is 0 Å². The fourth-order valence-corrected chi connectivity index (χ4v) is 7.81. The van der Waals surface area contributed by atoms with Gasteiger partial charge in [0.25, 0.3) is 0 Å². The van der Waals surface area contributed by atoms with Crippen molar-refractivity contribution in [1.82, 2.24) is 0 Å². The molecular weight excluding hydrogens is 324 g/mol. The Morgan fingerprint density at radius 2 is 1.74 bits per heavy atom. The summed E-state index contributed by atoms with van der Waals surface area (Å²) in [5, 5.41) is 0. The van der Waals surface area contributed by atoms with Crippen LogP contribution in [-0.4, -0.2) is 0 Å². The molecule has 0 spiro atoms. The predicted molar refractivity (Wildman–Crippen MR) is 114 cm³/mol. The minimum Gasteiger partial charge on any atom is -0.0882 e. The summed E-state index contributed by atoms with van der Waals surface area (Å²) in [6.07, 6.45) is 20.1. The molecule has 0 heterocycles. The van der Waals surface area contributed by atoms with Gasteiger partial charge in [0.05, 0.1) is 0 Å². The Balaban J connectivity index is 1.34. The summed E-state index contributed by atoms with van der Waals surface area (Å²) in [5.74, 6) is 3.83. The van der Waals surface area contributed by atoms with Crippen LogP contribution in [0, 0.1) is 34.5 Å². The average Bonchev–Trinajstić information content (AvgIpc) is 3.03. The van der Waals surface area contributed by atoms with E-state index in [1.807, 2.05) is 0 Å². The van der Waals surface area contributed by atoms with Gasteiger partial charge in [-0.2, -0.15) is 0 Å². The topological polar surface area (TPSA) is 0 Å². The van der Waals surface area contributed by atoms with Crippen molar-refractivity contribution in [2.45, 2.75) is 71.6 Å². The first-order chi connectivity index (χ1) is 13.1. The molecule has 0 radical (unpaired) electrons. The van der Waals surface area contributed by atoms with Crippen LogP contribution in [0.5, 0.6) is 0 Å². The second-order valence-electron chi connectivity index (χ2n) is 10.5. The summed E-state index contributed by atoms with van der Waals surface area (Å²) in [5.41, 5.74) is 4.38. The largest absolute Gasteiger partial charge is 0.0882 e. The van der Waals surface area contributed by atoms with Gasteiger partial charge in [-0.3, -0.25) is 0 Å². The lowest BCUT2D eigenvalue weighted by molar-refractivity contribution is -0.0827. The van der Waals surface area contributed by atoms with Crippen LogP contribution in [0.25, 0.3) is 0 Å². The molecule has 1 aromatic carbocycles. The van der Waals surface area contributed by atoms with Crippen LogP contribution in [-0.2, 0) is 6.42 Å². The summed E-state index contributed by atoms with van der Waals surface area (Å²) < 4.78 is 0. The van der Waals surface area contributed by atoms with Gasteiger partial charge in [0.2, 0.25) is 0 Å². The van der Waals surface area contributed by atoms with E-state index in [1.165, 1.54) is 63.4 Å². The molecule has 4 aliphatic rings. The second kappa shape index (κ2) is 6.64. The Hall–Kier alpha value is -1.30. The third-order valence-electron chi connectivity index (χ3n) is 9.48. The first-order valence-electron chi connectivity index (χ1n) is 11.5.